The number of aryl methyl sites for hydroxylation is 1. The molecule has 0 aliphatic carbocycles. The molecule has 0 saturated heterocycles. The summed E-state index contributed by atoms with van der Waals surface area (Å²) in [5.41, 5.74) is 0.994. The van der Waals surface area contributed by atoms with Crippen LogP contribution in [0.4, 0.5) is 5.82 Å². The van der Waals surface area contributed by atoms with Gasteiger partial charge in [-0.25, -0.2) is 4.98 Å². The average molecular weight is 229 g/mol. The molecule has 0 aliphatic rings. The zero-order chi connectivity index (χ0) is 11.4. The van der Waals surface area contributed by atoms with E-state index >= 15 is 0 Å². The minimum absolute atomic E-state index is 0.711. The zero-order valence-corrected chi connectivity index (χ0v) is 9.71. The fraction of sp³-hybridized carbons (Fsp3) is 0.167. The van der Waals surface area contributed by atoms with Gasteiger partial charge in [0, 0.05) is 10.6 Å². The van der Waals surface area contributed by atoms with Gasteiger partial charge in [-0.15, -0.1) is 11.3 Å². The van der Waals surface area contributed by atoms with Crippen LogP contribution in [0.1, 0.15) is 15.4 Å². The molecule has 0 aromatic carbocycles. The summed E-state index contributed by atoms with van der Waals surface area (Å²) >= 11 is 1.50. The fourth-order valence-electron chi connectivity index (χ4n) is 1.35. The van der Waals surface area contributed by atoms with Crippen LogP contribution < -0.4 is 5.32 Å². The second kappa shape index (κ2) is 4.77. The van der Waals surface area contributed by atoms with E-state index < -0.39 is 0 Å². The lowest BCUT2D eigenvalue weighted by Gasteiger charge is -2.03. The average Bonchev–Trinajstić information content (AvgIpc) is 2.74. The van der Waals surface area contributed by atoms with Gasteiger partial charge in [0.15, 0.2) is 0 Å². The van der Waals surface area contributed by atoms with E-state index in [-0.39, 0.29) is 0 Å². The van der Waals surface area contributed by atoms with Crippen molar-refractivity contribution in [1.29, 1.82) is 5.26 Å². The fourth-order valence-corrected chi connectivity index (χ4v) is 2.10. The van der Waals surface area contributed by atoms with E-state index in [1.54, 1.807) is 0 Å². The van der Waals surface area contributed by atoms with Crippen molar-refractivity contribution in [1.82, 2.24) is 4.98 Å². The van der Waals surface area contributed by atoms with E-state index in [9.17, 15) is 0 Å². The van der Waals surface area contributed by atoms with Gasteiger partial charge in [0.05, 0.1) is 6.54 Å². The number of hydrogen-bond acceptors (Lipinski definition) is 4. The summed E-state index contributed by atoms with van der Waals surface area (Å²) < 4.78 is 0. The van der Waals surface area contributed by atoms with E-state index in [1.165, 1.54) is 11.3 Å². The molecule has 0 saturated carbocycles. The Morgan fingerprint density at radius 1 is 1.38 bits per heavy atom. The number of pyridine rings is 1. The number of nitriles is 1. The van der Waals surface area contributed by atoms with E-state index in [1.807, 2.05) is 37.3 Å². The number of hydrogen-bond donors (Lipinski definition) is 1. The summed E-state index contributed by atoms with van der Waals surface area (Å²) in [5, 5.41) is 11.9. The summed E-state index contributed by atoms with van der Waals surface area (Å²) in [6.07, 6.45) is 0. The topological polar surface area (TPSA) is 48.7 Å². The van der Waals surface area contributed by atoms with Gasteiger partial charge >= 0.3 is 0 Å². The van der Waals surface area contributed by atoms with Crippen molar-refractivity contribution < 1.29 is 0 Å². The van der Waals surface area contributed by atoms with Crippen LogP contribution in [0.3, 0.4) is 0 Å². The Morgan fingerprint density at radius 2 is 2.25 bits per heavy atom. The molecule has 2 aromatic heterocycles. The summed E-state index contributed by atoms with van der Waals surface area (Å²) in [7, 11) is 0. The normalized spacial score (nSPS) is 9.75. The second-order valence-electron chi connectivity index (χ2n) is 3.40. The first-order valence-electron chi connectivity index (χ1n) is 4.94. The van der Waals surface area contributed by atoms with Crippen molar-refractivity contribution >= 4 is 17.2 Å². The van der Waals surface area contributed by atoms with Gasteiger partial charge in [0.25, 0.3) is 0 Å². The molecule has 2 rings (SSSR count). The van der Waals surface area contributed by atoms with E-state index in [0.717, 1.165) is 21.3 Å². The van der Waals surface area contributed by atoms with Crippen LogP contribution in [0.25, 0.3) is 0 Å². The largest absolute Gasteiger partial charge is 0.365 e. The van der Waals surface area contributed by atoms with E-state index in [4.69, 9.17) is 5.26 Å². The standard InChI is InChI=1S/C12H11N3S/c1-9-3-2-4-12(15-9)14-8-11-6-5-10(7-13)16-11/h2-6H,8H2,1H3,(H,14,15). The molecule has 0 unspecified atom stereocenters. The maximum Gasteiger partial charge on any atom is 0.126 e. The molecular formula is C12H11N3S. The van der Waals surface area contributed by atoms with Gasteiger partial charge in [-0.05, 0) is 31.2 Å². The highest BCUT2D eigenvalue weighted by Crippen LogP contribution is 2.16. The smallest absolute Gasteiger partial charge is 0.126 e. The van der Waals surface area contributed by atoms with Crippen molar-refractivity contribution in [3.63, 3.8) is 0 Å². The Bertz CT molecular complexity index is 525. The van der Waals surface area contributed by atoms with Gasteiger partial charge in [-0.2, -0.15) is 5.26 Å². The van der Waals surface area contributed by atoms with Crippen molar-refractivity contribution in [2.24, 2.45) is 0 Å². The predicted octanol–water partition coefficient (Wildman–Crippen LogP) is 2.94. The summed E-state index contributed by atoms with van der Waals surface area (Å²) in [6.45, 7) is 2.67. The molecule has 80 valence electrons. The van der Waals surface area contributed by atoms with Gasteiger partial charge in [0.2, 0.25) is 0 Å². The first-order chi connectivity index (χ1) is 7.78. The highest BCUT2D eigenvalue weighted by Gasteiger charge is 1.99. The number of nitrogens with one attached hydrogen (secondary N) is 1. The van der Waals surface area contributed by atoms with Crippen molar-refractivity contribution in [2.45, 2.75) is 13.5 Å². The lowest BCUT2D eigenvalue weighted by molar-refractivity contribution is 1.11. The van der Waals surface area contributed by atoms with E-state index in [0.29, 0.717) is 6.54 Å². The van der Waals surface area contributed by atoms with Crippen LogP contribution in [-0.4, -0.2) is 4.98 Å². The molecule has 16 heavy (non-hydrogen) atoms. The Morgan fingerprint density at radius 3 is 2.94 bits per heavy atom. The Labute approximate surface area is 98.4 Å². The van der Waals surface area contributed by atoms with Gasteiger partial charge in [0.1, 0.15) is 16.8 Å². The predicted molar refractivity (Wildman–Crippen MR) is 65.3 cm³/mol. The Kier molecular flexibility index (Phi) is 3.18. The Hall–Kier alpha value is -1.86. The lowest BCUT2D eigenvalue weighted by atomic mass is 10.3. The van der Waals surface area contributed by atoms with E-state index in [2.05, 4.69) is 16.4 Å². The minimum atomic E-state index is 0.711. The quantitative estimate of drug-likeness (QED) is 0.880. The molecular weight excluding hydrogens is 218 g/mol. The summed E-state index contributed by atoms with van der Waals surface area (Å²) in [6, 6.07) is 11.8. The molecule has 0 atom stereocenters. The third-order valence-corrected chi connectivity index (χ3v) is 3.09. The summed E-state index contributed by atoms with van der Waals surface area (Å²) in [4.78, 5) is 6.23. The molecule has 2 heterocycles. The van der Waals surface area contributed by atoms with Crippen LogP contribution in [0, 0.1) is 18.3 Å². The Balaban J connectivity index is 2.00. The SMILES string of the molecule is Cc1cccc(NCc2ccc(C#N)s2)n1. The number of nitrogens with zero attached hydrogens (tertiary/aromatic N) is 2. The molecule has 4 heteroatoms. The third-order valence-electron chi connectivity index (χ3n) is 2.10. The number of aromatic nitrogens is 1. The maximum atomic E-state index is 8.70. The molecule has 1 N–H and O–H groups in total. The summed E-state index contributed by atoms with van der Waals surface area (Å²) in [5.74, 6) is 0.868. The zero-order valence-electron chi connectivity index (χ0n) is 8.90. The first kappa shape index (κ1) is 10.7. The van der Waals surface area contributed by atoms with Crippen LogP contribution in [0.2, 0.25) is 0 Å². The highest BCUT2D eigenvalue weighted by molar-refractivity contribution is 7.12. The molecule has 0 fully saturated rings. The first-order valence-corrected chi connectivity index (χ1v) is 5.76. The maximum absolute atomic E-state index is 8.70. The molecule has 0 amide bonds. The highest BCUT2D eigenvalue weighted by atomic mass is 32.1. The second-order valence-corrected chi connectivity index (χ2v) is 4.56. The van der Waals surface area contributed by atoms with Crippen LogP contribution >= 0.6 is 11.3 Å². The molecule has 0 aliphatic heterocycles. The van der Waals surface area contributed by atoms with Crippen LogP contribution in [-0.2, 0) is 6.54 Å². The monoisotopic (exact) mass is 229 g/mol. The lowest BCUT2D eigenvalue weighted by Crippen LogP contribution is -1.99. The number of anilines is 1. The molecule has 2 aromatic rings. The van der Waals surface area contributed by atoms with Gasteiger partial charge in [-0.1, -0.05) is 6.07 Å². The minimum Gasteiger partial charge on any atom is -0.365 e. The van der Waals surface area contributed by atoms with Crippen molar-refractivity contribution in [3.05, 3.63) is 45.8 Å². The molecule has 0 spiro atoms. The third kappa shape index (κ3) is 2.59. The molecule has 3 nitrogen and oxygen atoms in total. The van der Waals surface area contributed by atoms with Gasteiger partial charge < -0.3 is 5.32 Å². The van der Waals surface area contributed by atoms with Crippen LogP contribution in [0.15, 0.2) is 30.3 Å². The van der Waals surface area contributed by atoms with Crippen LogP contribution in [0.5, 0.6) is 0 Å². The van der Waals surface area contributed by atoms with Crippen molar-refractivity contribution in [2.75, 3.05) is 5.32 Å². The molecule has 0 bridgehead atoms. The van der Waals surface area contributed by atoms with Crippen molar-refractivity contribution in [3.8, 4) is 6.07 Å². The van der Waals surface area contributed by atoms with Gasteiger partial charge in [-0.3, -0.25) is 0 Å². The molecule has 0 radical (unpaired) electrons. The number of thiophene rings is 1. The number of rotatable bonds is 3.